The van der Waals surface area contributed by atoms with Gasteiger partial charge in [-0.2, -0.15) is 0 Å². The molecular weight excluding hydrogens is 361 g/mol. The summed E-state index contributed by atoms with van der Waals surface area (Å²) < 4.78 is 23.3. The number of nitrogens with one attached hydrogen (secondary N) is 2. The van der Waals surface area contributed by atoms with Crippen LogP contribution < -0.4 is 20.1 Å². The molecular formula is C21H20FN3O3. The fraction of sp³-hybridized carbons (Fsp3) is 0.143. The summed E-state index contributed by atoms with van der Waals surface area (Å²) in [5.74, 6) is 0.880. The van der Waals surface area contributed by atoms with E-state index in [0.717, 1.165) is 11.3 Å². The van der Waals surface area contributed by atoms with Crippen LogP contribution in [-0.4, -0.2) is 25.1 Å². The molecule has 1 aromatic heterocycles. The Bertz CT molecular complexity index is 922. The number of hydrogen-bond acceptors (Lipinski definition) is 5. The summed E-state index contributed by atoms with van der Waals surface area (Å²) in [6.07, 6.45) is 1.62. The Hall–Kier alpha value is -3.61. The molecule has 2 N–H and O–H groups in total. The maximum atomic E-state index is 12.9. The minimum Gasteiger partial charge on any atom is -0.497 e. The third-order valence-corrected chi connectivity index (χ3v) is 4.03. The maximum Gasteiger partial charge on any atom is 0.257 e. The van der Waals surface area contributed by atoms with Crippen LogP contribution in [0, 0.1) is 5.82 Å². The predicted octanol–water partition coefficient (Wildman–Crippen LogP) is 4.10. The van der Waals surface area contributed by atoms with Gasteiger partial charge < -0.3 is 20.1 Å². The van der Waals surface area contributed by atoms with Crippen molar-refractivity contribution >= 4 is 17.4 Å². The molecule has 0 radical (unpaired) electrons. The molecule has 0 saturated heterocycles. The summed E-state index contributed by atoms with van der Waals surface area (Å²) >= 11 is 0. The number of carbonyl (C=O) groups excluding carboxylic acids is 1. The van der Waals surface area contributed by atoms with Gasteiger partial charge in [0.15, 0.2) is 0 Å². The zero-order valence-corrected chi connectivity index (χ0v) is 15.5. The molecule has 0 bridgehead atoms. The third kappa shape index (κ3) is 4.97. The number of methoxy groups -OCH3 is 2. The number of carbonyl (C=O) groups is 1. The maximum absolute atomic E-state index is 12.9. The number of ether oxygens (including phenoxy) is 2. The summed E-state index contributed by atoms with van der Waals surface area (Å²) in [6, 6.07) is 14.7. The Morgan fingerprint density at radius 2 is 1.68 bits per heavy atom. The van der Waals surface area contributed by atoms with Crippen molar-refractivity contribution in [2.24, 2.45) is 0 Å². The summed E-state index contributed by atoms with van der Waals surface area (Å²) in [5, 5.41) is 5.93. The first-order valence-corrected chi connectivity index (χ1v) is 8.56. The number of aromatic nitrogens is 1. The van der Waals surface area contributed by atoms with Gasteiger partial charge in [-0.1, -0.05) is 12.1 Å². The van der Waals surface area contributed by atoms with Crippen LogP contribution in [0.15, 0.2) is 60.8 Å². The first kappa shape index (κ1) is 19.2. The molecule has 144 valence electrons. The molecule has 0 aliphatic heterocycles. The minimum absolute atomic E-state index is 0.265. The zero-order valence-electron chi connectivity index (χ0n) is 15.5. The van der Waals surface area contributed by atoms with Crippen LogP contribution in [0.2, 0.25) is 0 Å². The fourth-order valence-electron chi connectivity index (χ4n) is 2.51. The first-order chi connectivity index (χ1) is 13.6. The van der Waals surface area contributed by atoms with E-state index < -0.39 is 0 Å². The average molecular weight is 381 g/mol. The van der Waals surface area contributed by atoms with Crippen LogP contribution in [0.25, 0.3) is 0 Å². The van der Waals surface area contributed by atoms with E-state index in [1.807, 2.05) is 0 Å². The number of amides is 1. The number of nitrogens with zero attached hydrogens (tertiary/aromatic N) is 1. The normalized spacial score (nSPS) is 10.2. The highest BCUT2D eigenvalue weighted by Gasteiger charge is 2.11. The van der Waals surface area contributed by atoms with E-state index in [0.29, 0.717) is 29.4 Å². The smallest absolute Gasteiger partial charge is 0.257 e. The van der Waals surface area contributed by atoms with Crippen molar-refractivity contribution in [2.45, 2.75) is 6.54 Å². The molecule has 0 aliphatic carbocycles. The van der Waals surface area contributed by atoms with Crippen molar-refractivity contribution in [1.29, 1.82) is 0 Å². The zero-order chi connectivity index (χ0) is 19.9. The Balaban J connectivity index is 1.62. The van der Waals surface area contributed by atoms with Crippen LogP contribution in [-0.2, 0) is 6.54 Å². The predicted molar refractivity (Wildman–Crippen MR) is 105 cm³/mol. The lowest BCUT2D eigenvalue weighted by Crippen LogP contribution is -2.13. The van der Waals surface area contributed by atoms with Crippen molar-refractivity contribution in [3.8, 4) is 11.5 Å². The SMILES string of the molecule is COc1cc(OC)cc(C(=O)Nc2ccc(NCc3ccc(F)cc3)cn2)c1. The van der Waals surface area contributed by atoms with Crippen LogP contribution in [0.4, 0.5) is 15.9 Å². The second kappa shape index (κ2) is 8.85. The Labute approximate surface area is 162 Å². The van der Waals surface area contributed by atoms with E-state index in [2.05, 4.69) is 15.6 Å². The quantitative estimate of drug-likeness (QED) is 0.645. The highest BCUT2D eigenvalue weighted by atomic mass is 19.1. The molecule has 3 rings (SSSR count). The van der Waals surface area contributed by atoms with E-state index in [-0.39, 0.29) is 11.7 Å². The van der Waals surface area contributed by atoms with Crippen LogP contribution in [0.1, 0.15) is 15.9 Å². The lowest BCUT2D eigenvalue weighted by molar-refractivity contribution is 0.102. The third-order valence-electron chi connectivity index (χ3n) is 4.03. The van der Waals surface area contributed by atoms with Crippen LogP contribution >= 0.6 is 0 Å². The summed E-state index contributed by atoms with van der Waals surface area (Å²) in [6.45, 7) is 0.539. The molecule has 7 heteroatoms. The van der Waals surface area contributed by atoms with E-state index in [9.17, 15) is 9.18 Å². The Morgan fingerprint density at radius 1 is 1.00 bits per heavy atom. The van der Waals surface area contributed by atoms with Gasteiger partial charge in [0.1, 0.15) is 23.1 Å². The van der Waals surface area contributed by atoms with Crippen molar-refractivity contribution in [3.63, 3.8) is 0 Å². The molecule has 1 heterocycles. The molecule has 28 heavy (non-hydrogen) atoms. The van der Waals surface area contributed by atoms with Crippen molar-refractivity contribution < 1.29 is 18.7 Å². The average Bonchev–Trinajstić information content (AvgIpc) is 2.74. The minimum atomic E-state index is -0.322. The van der Waals surface area contributed by atoms with Gasteiger partial charge in [-0.25, -0.2) is 9.37 Å². The molecule has 0 saturated carbocycles. The van der Waals surface area contributed by atoms with Crippen LogP contribution in [0.3, 0.4) is 0 Å². The fourth-order valence-corrected chi connectivity index (χ4v) is 2.51. The van der Waals surface area contributed by atoms with E-state index in [1.54, 1.807) is 48.7 Å². The van der Waals surface area contributed by atoms with Gasteiger partial charge in [0, 0.05) is 18.2 Å². The second-order valence-corrected chi connectivity index (χ2v) is 5.97. The van der Waals surface area contributed by atoms with Crippen molar-refractivity contribution in [2.75, 3.05) is 24.9 Å². The topological polar surface area (TPSA) is 72.5 Å². The lowest BCUT2D eigenvalue weighted by atomic mass is 10.2. The van der Waals surface area contributed by atoms with Gasteiger partial charge in [0.25, 0.3) is 5.91 Å². The lowest BCUT2D eigenvalue weighted by Gasteiger charge is -2.10. The number of rotatable bonds is 7. The Kier molecular flexibility index (Phi) is 6.06. The van der Waals surface area contributed by atoms with Crippen LogP contribution in [0.5, 0.6) is 11.5 Å². The highest BCUT2D eigenvalue weighted by molar-refractivity contribution is 6.04. The molecule has 0 aliphatic rings. The molecule has 2 aromatic carbocycles. The molecule has 6 nitrogen and oxygen atoms in total. The molecule has 3 aromatic rings. The monoisotopic (exact) mass is 381 g/mol. The number of anilines is 2. The van der Waals surface area contributed by atoms with Gasteiger partial charge >= 0.3 is 0 Å². The summed E-state index contributed by atoms with van der Waals surface area (Å²) in [7, 11) is 3.05. The van der Waals surface area contributed by atoms with E-state index in [4.69, 9.17) is 9.47 Å². The van der Waals surface area contributed by atoms with Gasteiger partial charge in [-0.3, -0.25) is 4.79 Å². The molecule has 0 spiro atoms. The molecule has 1 amide bonds. The largest absolute Gasteiger partial charge is 0.497 e. The van der Waals surface area contributed by atoms with E-state index in [1.165, 1.54) is 26.4 Å². The standard InChI is InChI=1S/C21H20FN3O3/c1-27-18-9-15(10-19(11-18)28-2)21(26)25-20-8-7-17(13-24-20)23-12-14-3-5-16(22)6-4-14/h3-11,13,23H,12H2,1-2H3,(H,24,25,26). The van der Waals surface area contributed by atoms with Gasteiger partial charge in [-0.15, -0.1) is 0 Å². The van der Waals surface area contributed by atoms with Gasteiger partial charge in [-0.05, 0) is 42.0 Å². The number of benzene rings is 2. The van der Waals surface area contributed by atoms with Crippen molar-refractivity contribution in [3.05, 3.63) is 77.7 Å². The van der Waals surface area contributed by atoms with Crippen molar-refractivity contribution in [1.82, 2.24) is 4.98 Å². The Morgan fingerprint density at radius 3 is 2.25 bits per heavy atom. The highest BCUT2D eigenvalue weighted by Crippen LogP contribution is 2.23. The van der Waals surface area contributed by atoms with E-state index >= 15 is 0 Å². The summed E-state index contributed by atoms with van der Waals surface area (Å²) in [4.78, 5) is 16.7. The number of halogens is 1. The molecule has 0 atom stereocenters. The number of hydrogen-bond donors (Lipinski definition) is 2. The molecule has 0 fully saturated rings. The first-order valence-electron chi connectivity index (χ1n) is 8.56. The molecule has 0 unspecified atom stereocenters. The second-order valence-electron chi connectivity index (χ2n) is 5.97. The van der Waals surface area contributed by atoms with Gasteiger partial charge in [0.2, 0.25) is 0 Å². The summed E-state index contributed by atoms with van der Waals surface area (Å²) in [5.41, 5.74) is 2.13. The van der Waals surface area contributed by atoms with Gasteiger partial charge in [0.05, 0.1) is 26.1 Å². The number of pyridine rings is 1.